The zero-order chi connectivity index (χ0) is 11.6. The Labute approximate surface area is 100 Å². The first kappa shape index (κ1) is 12.4. The van der Waals surface area contributed by atoms with Gasteiger partial charge in [0, 0.05) is 18.1 Å². The van der Waals surface area contributed by atoms with E-state index in [2.05, 4.69) is 19.2 Å². The number of rotatable bonds is 3. The summed E-state index contributed by atoms with van der Waals surface area (Å²) in [4.78, 5) is 0. The van der Waals surface area contributed by atoms with Gasteiger partial charge in [-0.25, -0.2) is 0 Å². The van der Waals surface area contributed by atoms with Crippen molar-refractivity contribution >= 4 is 0 Å². The van der Waals surface area contributed by atoms with Crippen LogP contribution in [0.1, 0.15) is 65.2 Å². The van der Waals surface area contributed by atoms with Gasteiger partial charge in [0.25, 0.3) is 0 Å². The summed E-state index contributed by atoms with van der Waals surface area (Å²) in [6.07, 6.45) is 10.8. The van der Waals surface area contributed by atoms with Gasteiger partial charge in [-0.3, -0.25) is 0 Å². The lowest BCUT2D eigenvalue weighted by Gasteiger charge is -2.37. The third-order valence-electron chi connectivity index (χ3n) is 4.60. The Morgan fingerprint density at radius 1 is 1.12 bits per heavy atom. The van der Waals surface area contributed by atoms with E-state index in [0.29, 0.717) is 5.41 Å². The third-order valence-corrected chi connectivity index (χ3v) is 4.60. The van der Waals surface area contributed by atoms with Gasteiger partial charge >= 0.3 is 0 Å². The fourth-order valence-electron chi connectivity index (χ4n) is 3.71. The highest BCUT2D eigenvalue weighted by Gasteiger charge is 2.43. The summed E-state index contributed by atoms with van der Waals surface area (Å²) in [5.41, 5.74) is 6.79. The molecule has 2 nitrogen and oxygen atoms in total. The van der Waals surface area contributed by atoms with Crippen LogP contribution in [0.25, 0.3) is 0 Å². The summed E-state index contributed by atoms with van der Waals surface area (Å²) >= 11 is 0. The molecule has 0 bridgehead atoms. The maximum Gasteiger partial charge on any atom is 0.0311 e. The Bertz CT molecular complexity index is 231. The Kier molecular flexibility index (Phi) is 3.60. The maximum atomic E-state index is 6.04. The molecular weight excluding hydrogens is 196 g/mol. The predicted molar refractivity (Wildman–Crippen MR) is 69.4 cm³/mol. The van der Waals surface area contributed by atoms with Crippen LogP contribution < -0.4 is 11.1 Å². The molecule has 2 rings (SSSR count). The van der Waals surface area contributed by atoms with E-state index >= 15 is 0 Å². The van der Waals surface area contributed by atoms with Crippen LogP contribution in [0.3, 0.4) is 0 Å². The minimum absolute atomic E-state index is 0.255. The summed E-state index contributed by atoms with van der Waals surface area (Å²) < 4.78 is 0. The zero-order valence-electron chi connectivity index (χ0n) is 11.0. The van der Waals surface area contributed by atoms with Gasteiger partial charge in [-0.2, -0.15) is 0 Å². The minimum atomic E-state index is 0.255. The van der Waals surface area contributed by atoms with Gasteiger partial charge in [-0.15, -0.1) is 0 Å². The van der Waals surface area contributed by atoms with Gasteiger partial charge in [0.05, 0.1) is 0 Å². The fourth-order valence-corrected chi connectivity index (χ4v) is 3.71. The lowest BCUT2D eigenvalue weighted by atomic mass is 9.86. The van der Waals surface area contributed by atoms with Crippen LogP contribution in [0.4, 0.5) is 0 Å². The van der Waals surface area contributed by atoms with E-state index in [0.717, 1.165) is 12.6 Å². The molecule has 94 valence electrons. The zero-order valence-corrected chi connectivity index (χ0v) is 11.0. The number of hydrogen-bond donors (Lipinski definition) is 2. The SMILES string of the molecule is CC1(C)CCC(CN)(NC2CCCCC2)C1. The third kappa shape index (κ3) is 2.78. The first-order chi connectivity index (χ1) is 7.55. The summed E-state index contributed by atoms with van der Waals surface area (Å²) in [5, 5.41) is 3.91. The molecule has 2 saturated carbocycles. The average molecular weight is 224 g/mol. The second-order valence-corrected chi connectivity index (χ2v) is 6.80. The highest BCUT2D eigenvalue weighted by molar-refractivity contribution is 5.02. The molecule has 0 radical (unpaired) electrons. The second kappa shape index (κ2) is 4.66. The first-order valence-corrected chi connectivity index (χ1v) is 7.03. The van der Waals surface area contributed by atoms with E-state index in [1.54, 1.807) is 0 Å². The van der Waals surface area contributed by atoms with Crippen molar-refractivity contribution < 1.29 is 0 Å². The topological polar surface area (TPSA) is 38.0 Å². The average Bonchev–Trinajstić information content (AvgIpc) is 2.57. The Morgan fingerprint density at radius 3 is 2.31 bits per heavy atom. The monoisotopic (exact) mass is 224 g/mol. The molecule has 0 saturated heterocycles. The molecule has 2 aliphatic rings. The van der Waals surface area contributed by atoms with Crippen LogP contribution in [0.5, 0.6) is 0 Å². The molecule has 0 aliphatic heterocycles. The van der Waals surface area contributed by atoms with Gasteiger partial charge in [0.2, 0.25) is 0 Å². The molecule has 0 aromatic rings. The van der Waals surface area contributed by atoms with Crippen molar-refractivity contribution in [2.24, 2.45) is 11.1 Å². The maximum absolute atomic E-state index is 6.04. The van der Waals surface area contributed by atoms with Crippen molar-refractivity contribution in [2.45, 2.75) is 76.8 Å². The van der Waals surface area contributed by atoms with E-state index < -0.39 is 0 Å². The molecule has 0 aromatic carbocycles. The van der Waals surface area contributed by atoms with Crippen molar-refractivity contribution in [2.75, 3.05) is 6.54 Å². The molecule has 0 aromatic heterocycles. The molecule has 1 unspecified atom stereocenters. The summed E-state index contributed by atoms with van der Waals surface area (Å²) in [7, 11) is 0. The number of nitrogens with two attached hydrogens (primary N) is 1. The van der Waals surface area contributed by atoms with Gasteiger partial charge in [-0.05, 0) is 37.5 Å². The van der Waals surface area contributed by atoms with E-state index in [-0.39, 0.29) is 5.54 Å². The highest BCUT2D eigenvalue weighted by atomic mass is 15.0. The molecule has 0 amide bonds. The molecule has 2 fully saturated rings. The van der Waals surface area contributed by atoms with Gasteiger partial charge in [-0.1, -0.05) is 33.1 Å². The largest absolute Gasteiger partial charge is 0.329 e. The van der Waals surface area contributed by atoms with Crippen molar-refractivity contribution in [3.05, 3.63) is 0 Å². The standard InChI is InChI=1S/C14H28N2/c1-13(2)8-9-14(10-13,11-15)16-12-6-4-3-5-7-12/h12,16H,3-11,15H2,1-2H3. The molecule has 16 heavy (non-hydrogen) atoms. The van der Waals surface area contributed by atoms with Gasteiger partial charge in [0.1, 0.15) is 0 Å². The molecule has 3 N–H and O–H groups in total. The van der Waals surface area contributed by atoms with Crippen LogP contribution in [0, 0.1) is 5.41 Å². The lowest BCUT2D eigenvalue weighted by molar-refractivity contribution is 0.234. The predicted octanol–water partition coefficient (Wildman–Crippen LogP) is 2.82. The van der Waals surface area contributed by atoms with E-state index in [1.807, 2.05) is 0 Å². The van der Waals surface area contributed by atoms with Crippen LogP contribution in [-0.4, -0.2) is 18.1 Å². The molecule has 0 heterocycles. The second-order valence-electron chi connectivity index (χ2n) is 6.80. The molecule has 1 atom stereocenters. The van der Waals surface area contributed by atoms with Crippen LogP contribution >= 0.6 is 0 Å². The van der Waals surface area contributed by atoms with Gasteiger partial charge in [0.15, 0.2) is 0 Å². The van der Waals surface area contributed by atoms with Crippen molar-refractivity contribution in [1.29, 1.82) is 0 Å². The van der Waals surface area contributed by atoms with Crippen LogP contribution in [0.2, 0.25) is 0 Å². The van der Waals surface area contributed by atoms with Crippen molar-refractivity contribution in [3.63, 3.8) is 0 Å². The molecule has 0 spiro atoms. The van der Waals surface area contributed by atoms with E-state index in [4.69, 9.17) is 5.73 Å². The van der Waals surface area contributed by atoms with Crippen LogP contribution in [0.15, 0.2) is 0 Å². The molecule has 2 aliphatic carbocycles. The fraction of sp³-hybridized carbons (Fsp3) is 1.00. The summed E-state index contributed by atoms with van der Waals surface area (Å²) in [6, 6.07) is 0.742. The smallest absolute Gasteiger partial charge is 0.0311 e. The molecular formula is C14H28N2. The van der Waals surface area contributed by atoms with E-state index in [9.17, 15) is 0 Å². The highest BCUT2D eigenvalue weighted by Crippen LogP contribution is 2.43. The first-order valence-electron chi connectivity index (χ1n) is 7.03. The Morgan fingerprint density at radius 2 is 1.81 bits per heavy atom. The number of nitrogens with one attached hydrogen (secondary N) is 1. The quantitative estimate of drug-likeness (QED) is 0.773. The van der Waals surface area contributed by atoms with Crippen LogP contribution in [-0.2, 0) is 0 Å². The summed E-state index contributed by atoms with van der Waals surface area (Å²) in [6.45, 7) is 5.58. The van der Waals surface area contributed by atoms with E-state index in [1.165, 1.54) is 51.4 Å². The molecule has 2 heteroatoms. The normalized spacial score (nSPS) is 35.4. The Balaban J connectivity index is 1.94. The Hall–Kier alpha value is -0.0800. The minimum Gasteiger partial charge on any atom is -0.329 e. The van der Waals surface area contributed by atoms with Crippen molar-refractivity contribution in [3.8, 4) is 0 Å². The number of hydrogen-bond acceptors (Lipinski definition) is 2. The van der Waals surface area contributed by atoms with Gasteiger partial charge < -0.3 is 11.1 Å². The van der Waals surface area contributed by atoms with Crippen molar-refractivity contribution in [1.82, 2.24) is 5.32 Å². The summed E-state index contributed by atoms with van der Waals surface area (Å²) in [5.74, 6) is 0. The lowest BCUT2D eigenvalue weighted by Crippen LogP contribution is -2.54.